The molecule has 0 saturated carbocycles. The van der Waals surface area contributed by atoms with Crippen molar-refractivity contribution in [3.63, 3.8) is 0 Å². The van der Waals surface area contributed by atoms with Gasteiger partial charge in [0.25, 0.3) is 0 Å². The molecule has 0 bridgehead atoms. The van der Waals surface area contributed by atoms with Gasteiger partial charge in [0.2, 0.25) is 5.91 Å². The van der Waals surface area contributed by atoms with Crippen LogP contribution >= 0.6 is 0 Å². The highest BCUT2D eigenvalue weighted by atomic mass is 19.1. The fourth-order valence-corrected chi connectivity index (χ4v) is 2.96. The average molecular weight is 355 g/mol. The molecule has 0 unspecified atom stereocenters. The molecule has 1 N–H and O–H groups in total. The predicted octanol–water partition coefficient (Wildman–Crippen LogP) is 2.42. The van der Waals surface area contributed by atoms with Gasteiger partial charge >= 0.3 is 6.03 Å². The Morgan fingerprint density at radius 3 is 2.38 bits per heavy atom. The number of hydrogen-bond donors (Lipinski definition) is 1. The van der Waals surface area contributed by atoms with E-state index >= 15 is 0 Å². The summed E-state index contributed by atoms with van der Waals surface area (Å²) < 4.78 is 13.0. The Labute approximate surface area is 152 Å². The Balaban J connectivity index is 1.43. The van der Waals surface area contributed by atoms with E-state index in [2.05, 4.69) is 5.32 Å². The molecule has 136 valence electrons. The smallest absolute Gasteiger partial charge is 0.320 e. The first-order chi connectivity index (χ1) is 12.6. The van der Waals surface area contributed by atoms with Crippen molar-refractivity contribution in [1.29, 1.82) is 0 Å². The standard InChI is InChI=1S/C20H22FN3O2/c21-18-8-6-17(7-9-18)14-23-12-13-24(20(23)26)15-19(25)22-11-10-16-4-2-1-3-5-16/h1-9H,10-15H2,(H,22,25). The van der Waals surface area contributed by atoms with E-state index in [1.165, 1.54) is 12.1 Å². The van der Waals surface area contributed by atoms with Gasteiger partial charge in [-0.05, 0) is 29.7 Å². The first kappa shape index (κ1) is 17.9. The van der Waals surface area contributed by atoms with E-state index in [0.29, 0.717) is 26.2 Å². The Morgan fingerprint density at radius 2 is 1.65 bits per heavy atom. The van der Waals surface area contributed by atoms with Crippen molar-refractivity contribution < 1.29 is 14.0 Å². The SMILES string of the molecule is O=C(CN1CCN(Cc2ccc(F)cc2)C1=O)NCCc1ccccc1. The van der Waals surface area contributed by atoms with Crippen LogP contribution in [0.3, 0.4) is 0 Å². The molecule has 0 spiro atoms. The lowest BCUT2D eigenvalue weighted by molar-refractivity contribution is -0.121. The molecule has 3 amide bonds. The minimum atomic E-state index is -0.296. The van der Waals surface area contributed by atoms with Crippen molar-refractivity contribution >= 4 is 11.9 Å². The number of amides is 3. The molecule has 0 aromatic heterocycles. The summed E-state index contributed by atoms with van der Waals surface area (Å²) in [7, 11) is 0. The molecule has 1 heterocycles. The minimum absolute atomic E-state index is 0.0630. The largest absolute Gasteiger partial charge is 0.354 e. The molecule has 0 atom stereocenters. The third-order valence-corrected chi connectivity index (χ3v) is 4.38. The van der Waals surface area contributed by atoms with Gasteiger partial charge < -0.3 is 15.1 Å². The molecule has 1 aliphatic rings. The zero-order chi connectivity index (χ0) is 18.4. The topological polar surface area (TPSA) is 52.7 Å². The number of carbonyl (C=O) groups is 2. The highest BCUT2D eigenvalue weighted by Gasteiger charge is 2.29. The number of benzene rings is 2. The molecular weight excluding hydrogens is 333 g/mol. The molecule has 0 aliphatic carbocycles. The second-order valence-electron chi connectivity index (χ2n) is 6.34. The van der Waals surface area contributed by atoms with Gasteiger partial charge in [-0.25, -0.2) is 9.18 Å². The van der Waals surface area contributed by atoms with E-state index in [1.54, 1.807) is 21.9 Å². The molecule has 2 aromatic carbocycles. The number of carbonyl (C=O) groups excluding carboxylic acids is 2. The van der Waals surface area contributed by atoms with Gasteiger partial charge in [0.1, 0.15) is 12.4 Å². The maximum Gasteiger partial charge on any atom is 0.320 e. The first-order valence-electron chi connectivity index (χ1n) is 8.71. The maximum absolute atomic E-state index is 13.0. The van der Waals surface area contributed by atoms with E-state index < -0.39 is 0 Å². The molecule has 5 nitrogen and oxygen atoms in total. The Morgan fingerprint density at radius 1 is 0.962 bits per heavy atom. The van der Waals surface area contributed by atoms with E-state index in [1.807, 2.05) is 30.3 Å². The van der Waals surface area contributed by atoms with Gasteiger partial charge in [-0.15, -0.1) is 0 Å². The van der Waals surface area contributed by atoms with Gasteiger partial charge in [-0.2, -0.15) is 0 Å². The number of rotatable bonds is 7. The fraction of sp³-hybridized carbons (Fsp3) is 0.300. The minimum Gasteiger partial charge on any atom is -0.354 e. The average Bonchev–Trinajstić information content (AvgIpc) is 2.98. The van der Waals surface area contributed by atoms with Crippen LogP contribution in [0.5, 0.6) is 0 Å². The van der Waals surface area contributed by atoms with Gasteiger partial charge in [0, 0.05) is 26.2 Å². The number of urea groups is 1. The Kier molecular flexibility index (Phi) is 5.84. The monoisotopic (exact) mass is 355 g/mol. The molecule has 26 heavy (non-hydrogen) atoms. The summed E-state index contributed by atoms with van der Waals surface area (Å²) in [6, 6.07) is 15.9. The summed E-state index contributed by atoms with van der Waals surface area (Å²) in [4.78, 5) is 27.7. The lowest BCUT2D eigenvalue weighted by Crippen LogP contribution is -2.40. The van der Waals surface area contributed by atoms with E-state index in [4.69, 9.17) is 0 Å². The highest BCUT2D eigenvalue weighted by molar-refractivity contribution is 5.85. The summed E-state index contributed by atoms with van der Waals surface area (Å²) in [5.74, 6) is -0.451. The summed E-state index contributed by atoms with van der Waals surface area (Å²) in [6.45, 7) is 2.11. The van der Waals surface area contributed by atoms with E-state index in [0.717, 1.165) is 17.5 Å². The van der Waals surface area contributed by atoms with Crippen LogP contribution in [0.15, 0.2) is 54.6 Å². The fourth-order valence-electron chi connectivity index (χ4n) is 2.96. The quantitative estimate of drug-likeness (QED) is 0.829. The van der Waals surface area contributed by atoms with Crippen LogP contribution in [-0.4, -0.2) is 47.9 Å². The molecule has 6 heteroatoms. The molecule has 0 radical (unpaired) electrons. The van der Waals surface area contributed by atoms with Gasteiger partial charge in [0.15, 0.2) is 0 Å². The number of nitrogens with zero attached hydrogens (tertiary/aromatic N) is 2. The van der Waals surface area contributed by atoms with Crippen LogP contribution in [0, 0.1) is 5.82 Å². The van der Waals surface area contributed by atoms with Gasteiger partial charge in [0.05, 0.1) is 0 Å². The van der Waals surface area contributed by atoms with Crippen molar-refractivity contribution in [2.75, 3.05) is 26.2 Å². The molecule has 1 saturated heterocycles. The van der Waals surface area contributed by atoms with Gasteiger partial charge in [-0.3, -0.25) is 4.79 Å². The zero-order valence-corrected chi connectivity index (χ0v) is 14.5. The second-order valence-corrected chi connectivity index (χ2v) is 6.34. The highest BCUT2D eigenvalue weighted by Crippen LogP contribution is 2.13. The molecule has 2 aromatic rings. The summed E-state index contributed by atoms with van der Waals surface area (Å²) in [5.41, 5.74) is 2.03. The normalized spacial score (nSPS) is 14.0. The van der Waals surface area contributed by atoms with Crippen molar-refractivity contribution in [3.8, 4) is 0 Å². The van der Waals surface area contributed by atoms with E-state index in [-0.39, 0.29) is 24.3 Å². The van der Waals surface area contributed by atoms with E-state index in [9.17, 15) is 14.0 Å². The molecular formula is C20H22FN3O2. The summed E-state index contributed by atoms with van der Waals surface area (Å²) >= 11 is 0. The molecule has 1 fully saturated rings. The zero-order valence-electron chi connectivity index (χ0n) is 14.5. The van der Waals surface area contributed by atoms with Crippen molar-refractivity contribution in [2.45, 2.75) is 13.0 Å². The number of nitrogens with one attached hydrogen (secondary N) is 1. The predicted molar refractivity (Wildman–Crippen MR) is 96.9 cm³/mol. The maximum atomic E-state index is 13.0. The summed E-state index contributed by atoms with van der Waals surface area (Å²) in [5, 5.41) is 2.86. The Bertz CT molecular complexity index is 749. The van der Waals surface area contributed by atoms with Crippen molar-refractivity contribution in [3.05, 3.63) is 71.5 Å². The van der Waals surface area contributed by atoms with Crippen LogP contribution in [0.2, 0.25) is 0 Å². The Hall–Kier alpha value is -2.89. The number of halogens is 1. The third kappa shape index (κ3) is 4.81. The second kappa shape index (κ2) is 8.47. The van der Waals surface area contributed by atoms with Crippen LogP contribution in [-0.2, 0) is 17.8 Å². The van der Waals surface area contributed by atoms with Crippen molar-refractivity contribution in [1.82, 2.24) is 15.1 Å². The van der Waals surface area contributed by atoms with Crippen LogP contribution < -0.4 is 5.32 Å². The molecule has 3 rings (SSSR count). The van der Waals surface area contributed by atoms with Crippen LogP contribution in [0.25, 0.3) is 0 Å². The lowest BCUT2D eigenvalue weighted by atomic mass is 10.1. The molecule has 1 aliphatic heterocycles. The van der Waals surface area contributed by atoms with Crippen LogP contribution in [0.1, 0.15) is 11.1 Å². The summed E-state index contributed by atoms with van der Waals surface area (Å²) in [6.07, 6.45) is 0.761. The van der Waals surface area contributed by atoms with Crippen molar-refractivity contribution in [2.24, 2.45) is 0 Å². The van der Waals surface area contributed by atoms with Gasteiger partial charge in [-0.1, -0.05) is 42.5 Å². The number of hydrogen-bond acceptors (Lipinski definition) is 2. The lowest BCUT2D eigenvalue weighted by Gasteiger charge is -2.18. The first-order valence-corrected chi connectivity index (χ1v) is 8.71. The van der Waals surface area contributed by atoms with Crippen LogP contribution in [0.4, 0.5) is 9.18 Å². The third-order valence-electron chi connectivity index (χ3n) is 4.38.